The van der Waals surface area contributed by atoms with Gasteiger partial charge in [-0.25, -0.2) is 4.79 Å². The number of likely N-dealkylation sites (tertiary alicyclic amines) is 1. The van der Waals surface area contributed by atoms with Crippen LogP contribution < -0.4 is 0 Å². The van der Waals surface area contributed by atoms with Crippen molar-refractivity contribution in [1.82, 2.24) is 10.1 Å². The highest BCUT2D eigenvalue weighted by atomic mass is 79.9. The third-order valence-corrected chi connectivity index (χ3v) is 3.07. The standard InChI is InChI=1S/C11H15BrN2O3/c1-11(2,3)17-10(15)14-4-7(5-14)9-8(12)6-16-13-9/h6-7H,4-5H2,1-3H3. The Morgan fingerprint density at radius 2 is 2.24 bits per heavy atom. The highest BCUT2D eigenvalue weighted by Crippen LogP contribution is 2.31. The summed E-state index contributed by atoms with van der Waals surface area (Å²) in [6, 6.07) is 0. The first-order valence-corrected chi connectivity index (χ1v) is 6.24. The normalized spacial score (nSPS) is 16.8. The average Bonchev–Trinajstić information content (AvgIpc) is 2.46. The number of hydrogen-bond acceptors (Lipinski definition) is 4. The van der Waals surface area contributed by atoms with Gasteiger partial charge in [0.15, 0.2) is 0 Å². The van der Waals surface area contributed by atoms with Crippen LogP contribution in [0.3, 0.4) is 0 Å². The van der Waals surface area contributed by atoms with Gasteiger partial charge < -0.3 is 14.2 Å². The molecule has 1 aromatic heterocycles. The molecular weight excluding hydrogens is 288 g/mol. The van der Waals surface area contributed by atoms with Gasteiger partial charge >= 0.3 is 6.09 Å². The van der Waals surface area contributed by atoms with E-state index in [1.54, 1.807) is 11.2 Å². The molecule has 2 rings (SSSR count). The second-order valence-corrected chi connectivity index (χ2v) is 5.98. The van der Waals surface area contributed by atoms with Crippen molar-refractivity contribution in [2.24, 2.45) is 0 Å². The van der Waals surface area contributed by atoms with E-state index < -0.39 is 5.60 Å². The number of halogens is 1. The molecule has 1 aromatic rings. The van der Waals surface area contributed by atoms with E-state index in [0.29, 0.717) is 13.1 Å². The van der Waals surface area contributed by atoms with Gasteiger partial charge in [-0.05, 0) is 36.7 Å². The van der Waals surface area contributed by atoms with Gasteiger partial charge in [0.2, 0.25) is 0 Å². The maximum absolute atomic E-state index is 11.7. The molecule has 0 unspecified atom stereocenters. The summed E-state index contributed by atoms with van der Waals surface area (Å²) in [5.74, 6) is 0.232. The van der Waals surface area contributed by atoms with Crippen LogP contribution in [0.5, 0.6) is 0 Å². The second-order valence-electron chi connectivity index (χ2n) is 5.13. The molecule has 0 N–H and O–H groups in total. The van der Waals surface area contributed by atoms with Gasteiger partial charge in [-0.2, -0.15) is 0 Å². The van der Waals surface area contributed by atoms with Gasteiger partial charge in [-0.1, -0.05) is 5.16 Å². The number of carbonyl (C=O) groups is 1. The lowest BCUT2D eigenvalue weighted by Gasteiger charge is -2.38. The third-order valence-electron chi connectivity index (χ3n) is 2.47. The topological polar surface area (TPSA) is 55.6 Å². The van der Waals surface area contributed by atoms with E-state index in [1.165, 1.54) is 0 Å². The lowest BCUT2D eigenvalue weighted by atomic mass is 9.97. The summed E-state index contributed by atoms with van der Waals surface area (Å²) in [7, 11) is 0. The number of nitrogens with zero attached hydrogens (tertiary/aromatic N) is 2. The number of carbonyl (C=O) groups excluding carboxylic acids is 1. The van der Waals surface area contributed by atoms with Crippen LogP contribution in [0.15, 0.2) is 15.3 Å². The summed E-state index contributed by atoms with van der Waals surface area (Å²) in [6.45, 7) is 6.82. The summed E-state index contributed by atoms with van der Waals surface area (Å²) < 4.78 is 11.0. The van der Waals surface area contributed by atoms with E-state index in [-0.39, 0.29) is 12.0 Å². The maximum Gasteiger partial charge on any atom is 0.410 e. The minimum atomic E-state index is -0.448. The van der Waals surface area contributed by atoms with Crippen molar-refractivity contribution >= 4 is 22.0 Å². The molecule has 5 nitrogen and oxygen atoms in total. The first-order chi connectivity index (χ1) is 7.87. The Bertz CT molecular complexity index is 419. The van der Waals surface area contributed by atoms with E-state index in [1.807, 2.05) is 20.8 Å². The molecule has 1 aliphatic rings. The van der Waals surface area contributed by atoms with Crippen LogP contribution in [0.4, 0.5) is 4.79 Å². The number of hydrogen-bond donors (Lipinski definition) is 0. The molecule has 0 saturated carbocycles. The van der Waals surface area contributed by atoms with Gasteiger partial charge in [-0.15, -0.1) is 0 Å². The van der Waals surface area contributed by atoms with Crippen LogP contribution in [0.25, 0.3) is 0 Å². The van der Waals surface area contributed by atoms with Crippen LogP contribution in [0, 0.1) is 0 Å². The molecule has 0 bridgehead atoms. The Hall–Kier alpha value is -1.04. The maximum atomic E-state index is 11.7. The van der Waals surface area contributed by atoms with Crippen LogP contribution in [-0.4, -0.2) is 34.8 Å². The van der Waals surface area contributed by atoms with Crippen molar-refractivity contribution in [3.05, 3.63) is 16.4 Å². The number of rotatable bonds is 1. The molecule has 0 atom stereocenters. The monoisotopic (exact) mass is 302 g/mol. The Labute approximate surface area is 108 Å². The number of amides is 1. The average molecular weight is 303 g/mol. The summed E-state index contributed by atoms with van der Waals surface area (Å²) >= 11 is 3.36. The van der Waals surface area contributed by atoms with E-state index in [2.05, 4.69) is 21.1 Å². The Balaban J connectivity index is 1.87. The Morgan fingerprint density at radius 1 is 1.59 bits per heavy atom. The molecular formula is C11H15BrN2O3. The Morgan fingerprint density at radius 3 is 2.71 bits per heavy atom. The van der Waals surface area contributed by atoms with Crippen molar-refractivity contribution in [2.75, 3.05) is 13.1 Å². The van der Waals surface area contributed by atoms with E-state index in [9.17, 15) is 4.79 Å². The van der Waals surface area contributed by atoms with Crippen LogP contribution in [0.1, 0.15) is 32.4 Å². The van der Waals surface area contributed by atoms with Crippen molar-refractivity contribution in [1.29, 1.82) is 0 Å². The number of ether oxygens (including phenoxy) is 1. The highest BCUT2D eigenvalue weighted by molar-refractivity contribution is 9.10. The van der Waals surface area contributed by atoms with Gasteiger partial charge in [0.05, 0.1) is 4.47 Å². The second kappa shape index (κ2) is 4.33. The molecule has 0 aromatic carbocycles. The van der Waals surface area contributed by atoms with E-state index in [0.717, 1.165) is 10.2 Å². The predicted molar refractivity (Wildman–Crippen MR) is 64.8 cm³/mol. The van der Waals surface area contributed by atoms with Crippen LogP contribution >= 0.6 is 15.9 Å². The zero-order valence-electron chi connectivity index (χ0n) is 10.1. The van der Waals surface area contributed by atoms with Gasteiger partial charge in [0, 0.05) is 19.0 Å². The molecule has 1 saturated heterocycles. The minimum Gasteiger partial charge on any atom is -0.444 e. The fraction of sp³-hybridized carbons (Fsp3) is 0.636. The summed E-state index contributed by atoms with van der Waals surface area (Å²) in [5, 5.41) is 3.91. The molecule has 0 spiro atoms. The van der Waals surface area contributed by atoms with Crippen LogP contribution in [-0.2, 0) is 4.74 Å². The third kappa shape index (κ3) is 2.80. The first-order valence-electron chi connectivity index (χ1n) is 5.44. The van der Waals surface area contributed by atoms with Crippen molar-refractivity contribution in [3.63, 3.8) is 0 Å². The molecule has 0 radical (unpaired) electrons. The van der Waals surface area contributed by atoms with E-state index >= 15 is 0 Å². The van der Waals surface area contributed by atoms with Gasteiger partial charge in [0.1, 0.15) is 17.6 Å². The first kappa shape index (κ1) is 12.4. The molecule has 1 aliphatic heterocycles. The summed E-state index contributed by atoms with van der Waals surface area (Å²) in [6.07, 6.45) is 1.28. The molecule has 6 heteroatoms. The quantitative estimate of drug-likeness (QED) is 0.800. The largest absolute Gasteiger partial charge is 0.444 e. The van der Waals surface area contributed by atoms with Crippen molar-refractivity contribution in [3.8, 4) is 0 Å². The molecule has 1 fully saturated rings. The molecule has 94 valence electrons. The molecule has 17 heavy (non-hydrogen) atoms. The van der Waals surface area contributed by atoms with Gasteiger partial charge in [-0.3, -0.25) is 0 Å². The number of aromatic nitrogens is 1. The zero-order chi connectivity index (χ0) is 12.6. The minimum absolute atomic E-state index is 0.232. The highest BCUT2D eigenvalue weighted by Gasteiger charge is 2.36. The fourth-order valence-corrected chi connectivity index (χ4v) is 2.11. The van der Waals surface area contributed by atoms with Gasteiger partial charge in [0.25, 0.3) is 0 Å². The fourth-order valence-electron chi connectivity index (χ4n) is 1.63. The van der Waals surface area contributed by atoms with E-state index in [4.69, 9.17) is 9.26 Å². The molecule has 2 heterocycles. The zero-order valence-corrected chi connectivity index (χ0v) is 11.7. The smallest absolute Gasteiger partial charge is 0.410 e. The molecule has 0 aliphatic carbocycles. The van der Waals surface area contributed by atoms with Crippen molar-refractivity contribution < 1.29 is 14.1 Å². The predicted octanol–water partition coefficient (Wildman–Crippen LogP) is 2.77. The Kier molecular flexibility index (Phi) is 3.16. The van der Waals surface area contributed by atoms with Crippen LogP contribution in [0.2, 0.25) is 0 Å². The lowest BCUT2D eigenvalue weighted by molar-refractivity contribution is 0.00758. The lowest BCUT2D eigenvalue weighted by Crippen LogP contribution is -2.50. The summed E-state index contributed by atoms with van der Waals surface area (Å²) in [4.78, 5) is 13.4. The SMILES string of the molecule is CC(C)(C)OC(=O)N1CC(c2nocc2Br)C1. The molecule has 1 amide bonds. The van der Waals surface area contributed by atoms with Crippen molar-refractivity contribution in [2.45, 2.75) is 32.3 Å². The summed E-state index contributed by atoms with van der Waals surface area (Å²) in [5.41, 5.74) is 0.418.